The van der Waals surface area contributed by atoms with Crippen molar-refractivity contribution in [2.45, 2.75) is 13.5 Å². The van der Waals surface area contributed by atoms with E-state index < -0.39 is 10.0 Å². The van der Waals surface area contributed by atoms with Crippen LogP contribution < -0.4 is 10.3 Å². The summed E-state index contributed by atoms with van der Waals surface area (Å²) in [6.07, 6.45) is 0. The number of fused-ring (bicyclic) bond motifs is 1. The molecule has 2 N–H and O–H groups in total. The van der Waals surface area contributed by atoms with Gasteiger partial charge in [-0.05, 0) is 30.5 Å². The molecule has 7 nitrogen and oxygen atoms in total. The zero-order chi connectivity index (χ0) is 17.6. The lowest BCUT2D eigenvalue weighted by molar-refractivity contribution is 0.0784. The number of aryl methyl sites for hydroxylation is 1. The molecule has 0 fully saturated rings. The van der Waals surface area contributed by atoms with Gasteiger partial charge in [-0.1, -0.05) is 11.6 Å². The minimum Gasteiger partial charge on any atom is -0.382 e. The van der Waals surface area contributed by atoms with E-state index >= 15 is 0 Å². The van der Waals surface area contributed by atoms with Crippen LogP contribution in [0.1, 0.15) is 11.1 Å². The predicted molar refractivity (Wildman–Crippen MR) is 92.6 cm³/mol. The molecule has 0 aliphatic rings. The van der Waals surface area contributed by atoms with Gasteiger partial charge in [0, 0.05) is 24.7 Å². The van der Waals surface area contributed by atoms with Crippen molar-refractivity contribution in [3.63, 3.8) is 0 Å². The molecule has 2 rings (SSSR count). The Balaban J connectivity index is 1.99. The molecule has 132 valence electrons. The van der Waals surface area contributed by atoms with Gasteiger partial charge in [0.05, 0.1) is 25.6 Å². The molecule has 0 amide bonds. The van der Waals surface area contributed by atoms with Gasteiger partial charge in [-0.2, -0.15) is 0 Å². The van der Waals surface area contributed by atoms with Crippen LogP contribution in [0, 0.1) is 6.92 Å². The molecule has 8 heteroatoms. The van der Waals surface area contributed by atoms with Crippen molar-refractivity contribution in [3.8, 4) is 0 Å². The normalized spacial score (nSPS) is 11.9. The second-order valence-electron chi connectivity index (χ2n) is 5.46. The van der Waals surface area contributed by atoms with E-state index in [0.29, 0.717) is 18.8 Å². The van der Waals surface area contributed by atoms with Crippen LogP contribution in [0.4, 0.5) is 0 Å². The Kier molecular flexibility index (Phi) is 6.50. The number of hydrogen-bond acceptors (Lipinski definition) is 5. The Morgan fingerprint density at radius 2 is 1.96 bits per heavy atom. The molecular weight excluding hydrogens is 332 g/mol. The van der Waals surface area contributed by atoms with E-state index in [1.165, 1.54) is 0 Å². The minimum atomic E-state index is -3.51. The summed E-state index contributed by atoms with van der Waals surface area (Å²) in [6, 6.07) is 7.38. The standard InChI is InChI=1S/C16H22N2O5S/c1-12-3-4-15-13(9-12)10-14(16(19)18-15)11-17-24(20,21)8-7-23-6-5-22-2/h3-4,9-10,17H,5-8,11H2,1-2H3,(H,18,19). The highest BCUT2D eigenvalue weighted by Crippen LogP contribution is 2.13. The van der Waals surface area contributed by atoms with Crippen LogP contribution in [0.25, 0.3) is 10.9 Å². The van der Waals surface area contributed by atoms with Crippen LogP contribution in [0.15, 0.2) is 29.1 Å². The predicted octanol–water partition coefficient (Wildman–Crippen LogP) is 0.919. The molecule has 0 unspecified atom stereocenters. The average Bonchev–Trinajstić information content (AvgIpc) is 2.53. The third-order valence-electron chi connectivity index (χ3n) is 3.49. The molecular formula is C16H22N2O5S. The fraction of sp³-hybridized carbons (Fsp3) is 0.438. The second kappa shape index (κ2) is 8.39. The van der Waals surface area contributed by atoms with Gasteiger partial charge in [-0.3, -0.25) is 4.79 Å². The Hall–Kier alpha value is -1.74. The number of aromatic nitrogens is 1. The van der Waals surface area contributed by atoms with Crippen LogP contribution in [-0.2, 0) is 26.0 Å². The first-order valence-corrected chi connectivity index (χ1v) is 9.23. The van der Waals surface area contributed by atoms with E-state index in [-0.39, 0.29) is 24.5 Å². The molecule has 0 aliphatic carbocycles. The van der Waals surface area contributed by atoms with Crippen LogP contribution in [0.3, 0.4) is 0 Å². The quantitative estimate of drug-likeness (QED) is 0.653. The molecule has 1 aromatic heterocycles. The van der Waals surface area contributed by atoms with Gasteiger partial charge in [0.15, 0.2) is 0 Å². The van der Waals surface area contributed by atoms with Crippen molar-refractivity contribution in [1.82, 2.24) is 9.71 Å². The topological polar surface area (TPSA) is 97.5 Å². The van der Waals surface area contributed by atoms with Crippen molar-refractivity contribution < 1.29 is 17.9 Å². The number of rotatable bonds is 9. The van der Waals surface area contributed by atoms with Crippen LogP contribution in [-0.4, -0.2) is 46.1 Å². The molecule has 0 bridgehead atoms. The summed E-state index contributed by atoms with van der Waals surface area (Å²) < 4.78 is 36.2. The average molecular weight is 354 g/mol. The van der Waals surface area contributed by atoms with E-state index in [4.69, 9.17) is 9.47 Å². The highest BCUT2D eigenvalue weighted by Gasteiger charge is 2.12. The number of ether oxygens (including phenoxy) is 2. The van der Waals surface area contributed by atoms with Crippen molar-refractivity contribution in [1.29, 1.82) is 0 Å². The maximum absolute atomic E-state index is 12.0. The van der Waals surface area contributed by atoms with Gasteiger partial charge in [-0.25, -0.2) is 13.1 Å². The fourth-order valence-corrected chi connectivity index (χ4v) is 3.03. The Morgan fingerprint density at radius 1 is 1.17 bits per heavy atom. The van der Waals surface area contributed by atoms with Gasteiger partial charge in [0.1, 0.15) is 0 Å². The highest BCUT2D eigenvalue weighted by molar-refractivity contribution is 7.89. The summed E-state index contributed by atoms with van der Waals surface area (Å²) in [5.41, 5.74) is 1.86. The molecule has 0 saturated carbocycles. The first kappa shape index (κ1) is 18.6. The van der Waals surface area contributed by atoms with Crippen molar-refractivity contribution in [3.05, 3.63) is 45.7 Å². The maximum Gasteiger partial charge on any atom is 0.252 e. The van der Waals surface area contributed by atoms with Crippen molar-refractivity contribution in [2.24, 2.45) is 0 Å². The Morgan fingerprint density at radius 3 is 2.71 bits per heavy atom. The molecule has 1 aromatic carbocycles. The first-order chi connectivity index (χ1) is 11.4. The molecule has 2 aromatic rings. The lowest BCUT2D eigenvalue weighted by Gasteiger charge is -2.08. The number of nitrogens with one attached hydrogen (secondary N) is 2. The largest absolute Gasteiger partial charge is 0.382 e. The molecule has 0 saturated heterocycles. The van der Waals surface area contributed by atoms with Crippen LogP contribution in [0.5, 0.6) is 0 Å². The molecule has 1 heterocycles. The fourth-order valence-electron chi connectivity index (χ4n) is 2.18. The van der Waals surface area contributed by atoms with Gasteiger partial charge in [-0.15, -0.1) is 0 Å². The summed E-state index contributed by atoms with van der Waals surface area (Å²) in [5.74, 6) is -0.165. The number of H-pyrrole nitrogens is 1. The Bertz CT molecular complexity index is 845. The van der Waals surface area contributed by atoms with E-state index in [1.807, 2.05) is 25.1 Å². The SMILES string of the molecule is COCCOCCS(=O)(=O)NCc1cc2cc(C)ccc2[nH]c1=O. The number of hydrogen-bond donors (Lipinski definition) is 2. The van der Waals surface area contributed by atoms with Crippen LogP contribution >= 0.6 is 0 Å². The van der Waals surface area contributed by atoms with E-state index in [2.05, 4.69) is 9.71 Å². The number of sulfonamides is 1. The summed E-state index contributed by atoms with van der Waals surface area (Å²) >= 11 is 0. The summed E-state index contributed by atoms with van der Waals surface area (Å²) in [7, 11) is -1.97. The van der Waals surface area contributed by atoms with E-state index in [0.717, 1.165) is 16.5 Å². The maximum atomic E-state index is 12.0. The van der Waals surface area contributed by atoms with Gasteiger partial charge < -0.3 is 14.5 Å². The van der Waals surface area contributed by atoms with Gasteiger partial charge in [0.2, 0.25) is 10.0 Å². The monoisotopic (exact) mass is 354 g/mol. The summed E-state index contributed by atoms with van der Waals surface area (Å²) in [4.78, 5) is 14.8. The minimum absolute atomic E-state index is 0.0559. The molecule has 0 atom stereocenters. The molecule has 0 aliphatic heterocycles. The molecule has 0 radical (unpaired) electrons. The van der Waals surface area contributed by atoms with Gasteiger partial charge >= 0.3 is 0 Å². The zero-order valence-corrected chi connectivity index (χ0v) is 14.6. The lowest BCUT2D eigenvalue weighted by atomic mass is 10.1. The zero-order valence-electron chi connectivity index (χ0n) is 13.8. The molecule has 0 spiro atoms. The van der Waals surface area contributed by atoms with Crippen LogP contribution in [0.2, 0.25) is 0 Å². The second-order valence-corrected chi connectivity index (χ2v) is 7.39. The van der Waals surface area contributed by atoms with Gasteiger partial charge in [0.25, 0.3) is 5.56 Å². The van der Waals surface area contributed by atoms with E-state index in [9.17, 15) is 13.2 Å². The van der Waals surface area contributed by atoms with E-state index in [1.54, 1.807) is 13.2 Å². The Labute approximate surface area is 141 Å². The summed E-state index contributed by atoms with van der Waals surface area (Å²) in [5, 5.41) is 0.867. The lowest BCUT2D eigenvalue weighted by Crippen LogP contribution is -2.30. The first-order valence-electron chi connectivity index (χ1n) is 7.58. The van der Waals surface area contributed by atoms with Crippen molar-refractivity contribution in [2.75, 3.05) is 32.7 Å². The smallest absolute Gasteiger partial charge is 0.252 e. The number of benzene rings is 1. The van der Waals surface area contributed by atoms with Crippen molar-refractivity contribution >= 4 is 20.9 Å². The third-order valence-corrected chi connectivity index (χ3v) is 4.78. The number of methoxy groups -OCH3 is 1. The summed E-state index contributed by atoms with van der Waals surface area (Å²) in [6.45, 7) is 2.73. The highest BCUT2D eigenvalue weighted by atomic mass is 32.2. The third kappa shape index (κ3) is 5.41. The number of aromatic amines is 1. The number of pyridine rings is 1. The molecule has 24 heavy (non-hydrogen) atoms.